The van der Waals surface area contributed by atoms with Gasteiger partial charge in [0.25, 0.3) is 0 Å². The van der Waals surface area contributed by atoms with Crippen molar-refractivity contribution in [3.63, 3.8) is 0 Å². The van der Waals surface area contributed by atoms with Crippen LogP contribution in [0.2, 0.25) is 0 Å². The third-order valence-electron chi connectivity index (χ3n) is 5.21. The maximum absolute atomic E-state index is 12.8. The normalized spacial score (nSPS) is 15.9. The quantitative estimate of drug-likeness (QED) is 0.721. The van der Waals surface area contributed by atoms with Crippen LogP contribution in [0.3, 0.4) is 0 Å². The van der Waals surface area contributed by atoms with Crippen LogP contribution in [0.1, 0.15) is 31.9 Å². The number of aromatic nitrogens is 1. The molecule has 0 radical (unpaired) electrons. The monoisotopic (exact) mass is 430 g/mol. The Morgan fingerprint density at radius 3 is 2.57 bits per heavy atom. The van der Waals surface area contributed by atoms with Crippen molar-refractivity contribution in [1.29, 1.82) is 0 Å². The van der Waals surface area contributed by atoms with E-state index < -0.39 is 16.1 Å². The summed E-state index contributed by atoms with van der Waals surface area (Å²) in [6.45, 7) is 6.01. The molecule has 1 aromatic heterocycles. The molecule has 0 saturated carbocycles. The zero-order chi connectivity index (χ0) is 21.9. The van der Waals surface area contributed by atoms with Crippen molar-refractivity contribution in [2.24, 2.45) is 0 Å². The highest BCUT2D eigenvalue weighted by Crippen LogP contribution is 2.35. The first-order chi connectivity index (χ1) is 14.3. The third-order valence-corrected chi connectivity index (χ3v) is 7.26. The standard InChI is InChI=1S/C21H26N4O4S/c1-4-24(5-2)30(28,29)18-8-9-19-17(11-18)12-20(25(19)15(3)26)21(27)23-14-16-7-6-10-22-13-16/h6-11,13,20H,4-5,12,14H2,1-3H3,(H,23,27)/t20-/m0/s1. The van der Waals surface area contributed by atoms with E-state index in [0.717, 1.165) is 5.56 Å². The molecule has 1 aliphatic heterocycles. The molecular formula is C21H26N4O4S. The van der Waals surface area contributed by atoms with E-state index in [0.29, 0.717) is 30.9 Å². The van der Waals surface area contributed by atoms with Crippen molar-refractivity contribution in [1.82, 2.24) is 14.6 Å². The van der Waals surface area contributed by atoms with Crippen molar-refractivity contribution < 1.29 is 18.0 Å². The number of hydrogen-bond acceptors (Lipinski definition) is 5. The van der Waals surface area contributed by atoms with Crippen LogP contribution in [0.25, 0.3) is 0 Å². The van der Waals surface area contributed by atoms with E-state index >= 15 is 0 Å². The van der Waals surface area contributed by atoms with E-state index in [1.54, 1.807) is 44.4 Å². The van der Waals surface area contributed by atoms with Crippen LogP contribution in [0.15, 0.2) is 47.6 Å². The number of pyridine rings is 1. The van der Waals surface area contributed by atoms with Gasteiger partial charge in [0.15, 0.2) is 0 Å². The summed E-state index contributed by atoms with van der Waals surface area (Å²) in [6.07, 6.45) is 3.58. The molecule has 1 aliphatic rings. The number of carbonyl (C=O) groups is 2. The number of sulfonamides is 1. The molecule has 8 nitrogen and oxygen atoms in total. The Hall–Kier alpha value is -2.78. The van der Waals surface area contributed by atoms with Crippen LogP contribution in [-0.2, 0) is 32.6 Å². The van der Waals surface area contributed by atoms with Crippen molar-refractivity contribution >= 4 is 27.5 Å². The summed E-state index contributed by atoms with van der Waals surface area (Å²) in [4.78, 5) is 30.7. The average molecular weight is 431 g/mol. The molecule has 0 saturated heterocycles. The highest BCUT2D eigenvalue weighted by molar-refractivity contribution is 7.89. The molecular weight excluding hydrogens is 404 g/mol. The molecule has 1 N–H and O–H groups in total. The number of amides is 2. The first kappa shape index (κ1) is 21.9. The van der Waals surface area contributed by atoms with Gasteiger partial charge in [-0.25, -0.2) is 8.42 Å². The van der Waals surface area contributed by atoms with Gasteiger partial charge < -0.3 is 5.32 Å². The van der Waals surface area contributed by atoms with Crippen LogP contribution >= 0.6 is 0 Å². The molecule has 3 rings (SSSR count). The maximum atomic E-state index is 12.8. The van der Waals surface area contributed by atoms with Crippen LogP contribution < -0.4 is 10.2 Å². The number of nitrogens with one attached hydrogen (secondary N) is 1. The molecule has 0 aliphatic carbocycles. The molecule has 1 atom stereocenters. The first-order valence-electron chi connectivity index (χ1n) is 9.89. The molecule has 0 spiro atoms. The predicted octanol–water partition coefficient (Wildman–Crippen LogP) is 1.71. The molecule has 2 amide bonds. The van der Waals surface area contributed by atoms with Crippen LogP contribution in [0, 0.1) is 0 Å². The number of nitrogens with zero attached hydrogens (tertiary/aromatic N) is 3. The van der Waals surface area contributed by atoms with Crippen LogP contribution in [0.5, 0.6) is 0 Å². The Balaban J connectivity index is 1.85. The summed E-state index contributed by atoms with van der Waals surface area (Å²) in [7, 11) is -3.62. The minimum atomic E-state index is -3.62. The van der Waals surface area contributed by atoms with Crippen molar-refractivity contribution in [2.75, 3.05) is 18.0 Å². The van der Waals surface area contributed by atoms with Gasteiger partial charge in [0.1, 0.15) is 6.04 Å². The molecule has 30 heavy (non-hydrogen) atoms. The van der Waals surface area contributed by atoms with E-state index in [1.807, 2.05) is 6.07 Å². The lowest BCUT2D eigenvalue weighted by atomic mass is 10.1. The lowest BCUT2D eigenvalue weighted by Crippen LogP contribution is -2.47. The second kappa shape index (κ2) is 8.93. The summed E-state index contributed by atoms with van der Waals surface area (Å²) in [6, 6.07) is 7.60. The van der Waals surface area contributed by atoms with Crippen LogP contribution in [0.4, 0.5) is 5.69 Å². The lowest BCUT2D eigenvalue weighted by molar-refractivity contribution is -0.125. The van der Waals surface area contributed by atoms with E-state index in [9.17, 15) is 18.0 Å². The lowest BCUT2D eigenvalue weighted by Gasteiger charge is -2.23. The van der Waals surface area contributed by atoms with Gasteiger partial charge in [-0.15, -0.1) is 0 Å². The smallest absolute Gasteiger partial charge is 0.243 e. The summed E-state index contributed by atoms with van der Waals surface area (Å²) >= 11 is 0. The zero-order valence-corrected chi connectivity index (χ0v) is 18.1. The van der Waals surface area contributed by atoms with E-state index in [-0.39, 0.29) is 23.1 Å². The maximum Gasteiger partial charge on any atom is 0.243 e. The number of anilines is 1. The van der Waals surface area contributed by atoms with Gasteiger partial charge in [0.2, 0.25) is 21.8 Å². The molecule has 2 heterocycles. The number of carbonyl (C=O) groups excluding carboxylic acids is 2. The Morgan fingerprint density at radius 2 is 1.97 bits per heavy atom. The third kappa shape index (κ3) is 4.22. The van der Waals surface area contributed by atoms with Gasteiger partial charge in [-0.1, -0.05) is 19.9 Å². The average Bonchev–Trinajstić information content (AvgIpc) is 3.12. The fraction of sp³-hybridized carbons (Fsp3) is 0.381. The molecule has 2 aromatic rings. The molecule has 1 aromatic carbocycles. The van der Waals surface area contributed by atoms with Gasteiger partial charge in [-0.3, -0.25) is 19.5 Å². The Labute approximate surface area is 177 Å². The highest BCUT2D eigenvalue weighted by Gasteiger charge is 2.37. The zero-order valence-electron chi connectivity index (χ0n) is 17.3. The molecule has 0 unspecified atom stereocenters. The van der Waals surface area contributed by atoms with E-state index in [1.165, 1.54) is 22.2 Å². The number of benzene rings is 1. The molecule has 9 heteroatoms. The minimum Gasteiger partial charge on any atom is -0.350 e. The highest BCUT2D eigenvalue weighted by atomic mass is 32.2. The van der Waals surface area contributed by atoms with Gasteiger partial charge in [-0.2, -0.15) is 4.31 Å². The second-order valence-electron chi connectivity index (χ2n) is 7.07. The number of hydrogen-bond donors (Lipinski definition) is 1. The fourth-order valence-electron chi connectivity index (χ4n) is 3.71. The second-order valence-corrected chi connectivity index (χ2v) is 9.01. The minimum absolute atomic E-state index is 0.171. The fourth-order valence-corrected chi connectivity index (χ4v) is 5.22. The molecule has 0 fully saturated rings. The Morgan fingerprint density at radius 1 is 1.23 bits per heavy atom. The summed E-state index contributed by atoms with van der Waals surface area (Å²) in [5.41, 5.74) is 2.09. The number of rotatable bonds is 7. The van der Waals surface area contributed by atoms with Crippen molar-refractivity contribution in [3.8, 4) is 0 Å². The van der Waals surface area contributed by atoms with Gasteiger partial charge in [-0.05, 0) is 35.4 Å². The first-order valence-corrected chi connectivity index (χ1v) is 11.3. The van der Waals surface area contributed by atoms with Crippen molar-refractivity contribution in [2.45, 2.75) is 44.7 Å². The van der Waals surface area contributed by atoms with Gasteiger partial charge in [0.05, 0.1) is 4.90 Å². The topological polar surface area (TPSA) is 99.7 Å². The van der Waals surface area contributed by atoms with Crippen molar-refractivity contribution in [3.05, 3.63) is 53.9 Å². The van der Waals surface area contributed by atoms with Crippen LogP contribution in [-0.4, -0.2) is 48.7 Å². The SMILES string of the molecule is CCN(CC)S(=O)(=O)c1ccc2c(c1)C[C@@H](C(=O)NCc1cccnc1)N2C(C)=O. The largest absolute Gasteiger partial charge is 0.350 e. The van der Waals surface area contributed by atoms with E-state index in [2.05, 4.69) is 10.3 Å². The Bertz CT molecular complexity index is 1040. The predicted molar refractivity (Wildman–Crippen MR) is 113 cm³/mol. The van der Waals surface area contributed by atoms with E-state index in [4.69, 9.17) is 0 Å². The van der Waals surface area contributed by atoms with Gasteiger partial charge in [0, 0.05) is 51.1 Å². The van der Waals surface area contributed by atoms with Gasteiger partial charge >= 0.3 is 0 Å². The number of fused-ring (bicyclic) bond motifs is 1. The Kier molecular flexibility index (Phi) is 6.52. The summed E-state index contributed by atoms with van der Waals surface area (Å²) in [5.74, 6) is -0.562. The summed E-state index contributed by atoms with van der Waals surface area (Å²) < 4.78 is 27.1. The molecule has 160 valence electrons. The summed E-state index contributed by atoms with van der Waals surface area (Å²) in [5, 5.41) is 2.84. The molecule has 0 bridgehead atoms.